The first kappa shape index (κ1) is 16.2. The quantitative estimate of drug-likeness (QED) is 0.821. The zero-order valence-corrected chi connectivity index (χ0v) is 14.3. The summed E-state index contributed by atoms with van der Waals surface area (Å²) in [5, 5.41) is 2.73. The summed E-state index contributed by atoms with van der Waals surface area (Å²) < 4.78 is 24.7. The normalized spacial score (nSPS) is 14.5. The zero-order valence-electron chi connectivity index (χ0n) is 12.0. The van der Waals surface area contributed by atoms with Gasteiger partial charge in [0.2, 0.25) is 0 Å². The summed E-state index contributed by atoms with van der Waals surface area (Å²) in [5.41, 5.74) is 0.784. The van der Waals surface area contributed by atoms with Crippen molar-refractivity contribution in [2.45, 2.75) is 23.0 Å². The number of carbonyl (C=O) groups excluding carboxylic acids is 1. The molecule has 0 unspecified atom stereocenters. The molecule has 0 spiro atoms. The first-order chi connectivity index (χ1) is 10.9. The number of nitrogens with one attached hydrogen (secondary N) is 1. The average Bonchev–Trinajstić information content (AvgIpc) is 3.31. The molecule has 1 heterocycles. The smallest absolute Gasteiger partial charge is 0.257 e. The van der Waals surface area contributed by atoms with Gasteiger partial charge in [0.05, 0.1) is 16.3 Å². The van der Waals surface area contributed by atoms with Crippen molar-refractivity contribution >= 4 is 49.4 Å². The van der Waals surface area contributed by atoms with Crippen LogP contribution >= 0.6 is 22.9 Å². The minimum absolute atomic E-state index is 0.228. The number of thiazole rings is 1. The fourth-order valence-electron chi connectivity index (χ4n) is 2.03. The van der Waals surface area contributed by atoms with Crippen LogP contribution in [0.25, 0.3) is 5.57 Å². The largest absolute Gasteiger partial charge is 0.298 e. The van der Waals surface area contributed by atoms with Gasteiger partial charge in [-0.05, 0) is 30.5 Å². The number of benzene rings is 1. The Balaban J connectivity index is 1.73. The summed E-state index contributed by atoms with van der Waals surface area (Å²) in [6, 6.07) is 6.21. The number of amides is 1. The molecule has 1 amide bonds. The number of aromatic nitrogens is 1. The van der Waals surface area contributed by atoms with E-state index in [-0.39, 0.29) is 15.7 Å². The molecular formula is C15H13ClN2O3S2. The van der Waals surface area contributed by atoms with E-state index >= 15 is 0 Å². The van der Waals surface area contributed by atoms with Gasteiger partial charge >= 0.3 is 0 Å². The second kappa shape index (κ2) is 6.07. The second-order valence-electron chi connectivity index (χ2n) is 5.17. The van der Waals surface area contributed by atoms with E-state index in [2.05, 4.69) is 16.9 Å². The maximum Gasteiger partial charge on any atom is 0.257 e. The van der Waals surface area contributed by atoms with Gasteiger partial charge in [0.1, 0.15) is 4.34 Å². The highest BCUT2D eigenvalue weighted by Crippen LogP contribution is 2.33. The van der Waals surface area contributed by atoms with Crippen LogP contribution in [0.2, 0.25) is 4.34 Å². The number of carbonyl (C=O) groups is 1. The SMILES string of the molecule is C=C(C(=O)Nc1ncc(Cl)s1)c1ccc(S(=O)(=O)C2CC2)cc1. The highest BCUT2D eigenvalue weighted by Gasteiger charge is 2.36. The molecule has 5 nitrogen and oxygen atoms in total. The monoisotopic (exact) mass is 368 g/mol. The summed E-state index contributed by atoms with van der Waals surface area (Å²) in [5.74, 6) is -0.409. The van der Waals surface area contributed by atoms with Crippen LogP contribution in [-0.2, 0) is 14.6 Å². The summed E-state index contributed by atoms with van der Waals surface area (Å²) in [6.45, 7) is 3.75. The van der Waals surface area contributed by atoms with Gasteiger partial charge in [-0.1, -0.05) is 41.6 Å². The van der Waals surface area contributed by atoms with Crippen LogP contribution in [0, 0.1) is 0 Å². The first-order valence-electron chi connectivity index (χ1n) is 6.84. The molecule has 1 aliphatic rings. The van der Waals surface area contributed by atoms with E-state index in [1.165, 1.54) is 18.3 Å². The minimum Gasteiger partial charge on any atom is -0.298 e. The second-order valence-corrected chi connectivity index (χ2v) is 9.06. The summed E-state index contributed by atoms with van der Waals surface area (Å²) in [4.78, 5) is 16.3. The highest BCUT2D eigenvalue weighted by molar-refractivity contribution is 7.92. The van der Waals surface area contributed by atoms with Crippen molar-refractivity contribution in [3.8, 4) is 0 Å². The number of halogens is 1. The molecule has 0 radical (unpaired) electrons. The van der Waals surface area contributed by atoms with Gasteiger partial charge in [0.25, 0.3) is 5.91 Å². The molecule has 120 valence electrons. The van der Waals surface area contributed by atoms with E-state index in [0.29, 0.717) is 15.0 Å². The molecule has 1 N–H and O–H groups in total. The lowest BCUT2D eigenvalue weighted by molar-refractivity contribution is -0.111. The number of hydrogen-bond donors (Lipinski definition) is 1. The average molecular weight is 369 g/mol. The Morgan fingerprint density at radius 2 is 1.96 bits per heavy atom. The Labute approximate surface area is 142 Å². The van der Waals surface area contributed by atoms with Gasteiger partial charge in [-0.3, -0.25) is 10.1 Å². The van der Waals surface area contributed by atoms with Crippen molar-refractivity contribution in [1.82, 2.24) is 4.98 Å². The van der Waals surface area contributed by atoms with Gasteiger partial charge in [-0.15, -0.1) is 0 Å². The highest BCUT2D eigenvalue weighted by atomic mass is 35.5. The number of anilines is 1. The van der Waals surface area contributed by atoms with E-state index in [1.54, 1.807) is 12.1 Å². The molecule has 1 saturated carbocycles. The van der Waals surface area contributed by atoms with E-state index < -0.39 is 15.7 Å². The predicted octanol–water partition coefficient (Wildman–Crippen LogP) is 3.38. The van der Waals surface area contributed by atoms with Crippen LogP contribution in [0.1, 0.15) is 18.4 Å². The molecule has 1 aliphatic carbocycles. The third kappa shape index (κ3) is 3.46. The van der Waals surface area contributed by atoms with E-state index in [4.69, 9.17) is 11.6 Å². The first-order valence-corrected chi connectivity index (χ1v) is 9.58. The van der Waals surface area contributed by atoms with Crippen LogP contribution in [0.4, 0.5) is 5.13 Å². The van der Waals surface area contributed by atoms with Crippen LogP contribution in [0.5, 0.6) is 0 Å². The van der Waals surface area contributed by atoms with Crippen molar-refractivity contribution in [3.63, 3.8) is 0 Å². The van der Waals surface area contributed by atoms with E-state index in [0.717, 1.165) is 24.2 Å². The zero-order chi connectivity index (χ0) is 16.6. The summed E-state index contributed by atoms with van der Waals surface area (Å²) >= 11 is 6.90. The van der Waals surface area contributed by atoms with Gasteiger partial charge in [0, 0.05) is 5.57 Å². The van der Waals surface area contributed by atoms with Gasteiger partial charge in [-0.2, -0.15) is 0 Å². The minimum atomic E-state index is -3.23. The Morgan fingerprint density at radius 1 is 1.30 bits per heavy atom. The summed E-state index contributed by atoms with van der Waals surface area (Å²) in [6.07, 6.45) is 2.88. The molecule has 0 atom stereocenters. The fourth-order valence-corrected chi connectivity index (χ4v) is 4.50. The number of rotatable bonds is 5. The molecule has 1 fully saturated rings. The third-order valence-corrected chi connectivity index (χ3v) is 6.78. The molecule has 3 rings (SSSR count). The molecule has 2 aromatic rings. The lowest BCUT2D eigenvalue weighted by atomic mass is 10.1. The van der Waals surface area contributed by atoms with E-state index in [9.17, 15) is 13.2 Å². The topological polar surface area (TPSA) is 76.1 Å². The van der Waals surface area contributed by atoms with E-state index in [1.807, 2.05) is 0 Å². The molecule has 0 aliphatic heterocycles. The Hall–Kier alpha value is -1.70. The van der Waals surface area contributed by atoms with Crippen molar-refractivity contribution in [3.05, 3.63) is 46.9 Å². The molecule has 8 heteroatoms. The standard InChI is InChI=1S/C15H13ClN2O3S2/c1-9(14(19)18-15-17-8-13(16)22-15)10-2-4-11(5-3-10)23(20,21)12-6-7-12/h2-5,8,12H,1,6-7H2,(H,17,18,19). The lowest BCUT2D eigenvalue weighted by Crippen LogP contribution is -2.13. The Bertz CT molecular complexity index is 868. The Kier molecular flexibility index (Phi) is 4.27. The maximum atomic E-state index is 12.1. The molecule has 0 bridgehead atoms. The molecule has 0 saturated heterocycles. The lowest BCUT2D eigenvalue weighted by Gasteiger charge is -2.07. The maximum absolute atomic E-state index is 12.1. The van der Waals surface area contributed by atoms with Gasteiger partial charge in [0.15, 0.2) is 15.0 Å². The molecular weight excluding hydrogens is 356 g/mol. The van der Waals surface area contributed by atoms with Crippen LogP contribution in [0.15, 0.2) is 41.9 Å². The molecule has 23 heavy (non-hydrogen) atoms. The number of hydrogen-bond acceptors (Lipinski definition) is 5. The Morgan fingerprint density at radius 3 is 2.48 bits per heavy atom. The third-order valence-electron chi connectivity index (χ3n) is 3.47. The molecule has 1 aromatic heterocycles. The van der Waals surface area contributed by atoms with Crippen molar-refractivity contribution in [2.24, 2.45) is 0 Å². The fraction of sp³-hybridized carbons (Fsp3) is 0.200. The van der Waals surface area contributed by atoms with Crippen LogP contribution in [0.3, 0.4) is 0 Å². The predicted molar refractivity (Wildman–Crippen MR) is 91.4 cm³/mol. The van der Waals surface area contributed by atoms with Crippen LogP contribution < -0.4 is 5.32 Å². The van der Waals surface area contributed by atoms with Crippen molar-refractivity contribution in [1.29, 1.82) is 0 Å². The number of sulfone groups is 1. The van der Waals surface area contributed by atoms with Crippen molar-refractivity contribution in [2.75, 3.05) is 5.32 Å². The van der Waals surface area contributed by atoms with Gasteiger partial charge in [-0.25, -0.2) is 13.4 Å². The summed E-state index contributed by atoms with van der Waals surface area (Å²) in [7, 11) is -3.23. The van der Waals surface area contributed by atoms with Gasteiger partial charge < -0.3 is 0 Å². The number of nitrogens with zero attached hydrogens (tertiary/aromatic N) is 1. The van der Waals surface area contributed by atoms with Crippen LogP contribution in [-0.4, -0.2) is 24.6 Å². The van der Waals surface area contributed by atoms with Crippen molar-refractivity contribution < 1.29 is 13.2 Å². The molecule has 1 aromatic carbocycles.